The van der Waals surface area contributed by atoms with E-state index in [1.807, 2.05) is 25.9 Å². The normalized spacial score (nSPS) is 43.8. The van der Waals surface area contributed by atoms with Crippen LogP contribution < -0.4 is 5.43 Å². The van der Waals surface area contributed by atoms with Crippen molar-refractivity contribution in [1.82, 2.24) is 10.3 Å². The number of carbonyl (C=O) groups is 4. The van der Waals surface area contributed by atoms with Crippen molar-refractivity contribution in [2.24, 2.45) is 34.2 Å². The van der Waals surface area contributed by atoms with Crippen LogP contribution in [0.5, 0.6) is 0 Å². The summed E-state index contributed by atoms with van der Waals surface area (Å²) in [7, 11) is 6.32. The van der Waals surface area contributed by atoms with Gasteiger partial charge < -0.3 is 38.8 Å². The summed E-state index contributed by atoms with van der Waals surface area (Å²) < 4.78 is 29.5. The summed E-state index contributed by atoms with van der Waals surface area (Å²) in [5, 5.41) is 27.3. The standard InChI is InChI=1S/C33H55N3O11/c1-12-22-33(15-34-35-26(33)30(42)43-10)27(40)18(4)23(37)16(2)14-32(7,44-11)28(19(5)24(38)20(6)29(41)46-22)47-31-25(39)21(36(8)9)13-17(3)45-31/h15-22,25-28,31,35,39-40H,12-14H2,1-11H3/t16-,17-,18+,19+,20-,21+,22-,25-,26?,27-,28-,31+,32-,33?/m1/s1. The summed E-state index contributed by atoms with van der Waals surface area (Å²) in [6.07, 6.45) is -4.25. The Morgan fingerprint density at radius 1 is 1.09 bits per heavy atom. The van der Waals surface area contributed by atoms with Crippen molar-refractivity contribution >= 4 is 29.7 Å². The summed E-state index contributed by atoms with van der Waals surface area (Å²) in [6.45, 7) is 11.6. The van der Waals surface area contributed by atoms with Gasteiger partial charge in [-0.15, -0.1) is 0 Å². The zero-order chi connectivity index (χ0) is 35.6. The molecule has 3 N–H and O–H groups in total. The van der Waals surface area contributed by atoms with Gasteiger partial charge in [-0.05, 0) is 54.1 Å². The Kier molecular flexibility index (Phi) is 12.7. The van der Waals surface area contributed by atoms with E-state index in [0.717, 1.165) is 0 Å². The number of Topliss-reactive ketones (excluding diaryl/α,β-unsaturated/α-hetero) is 2. The highest BCUT2D eigenvalue weighted by molar-refractivity contribution is 6.00. The second-order valence-electron chi connectivity index (χ2n) is 14.0. The Labute approximate surface area is 277 Å². The lowest BCUT2D eigenvalue weighted by molar-refractivity contribution is -0.295. The fraction of sp³-hybridized carbons (Fsp3) is 0.848. The predicted octanol–water partition coefficient (Wildman–Crippen LogP) is 1.09. The third kappa shape index (κ3) is 7.42. The van der Waals surface area contributed by atoms with Crippen LogP contribution in [0.1, 0.15) is 67.7 Å². The van der Waals surface area contributed by atoms with Gasteiger partial charge >= 0.3 is 11.9 Å². The zero-order valence-electron chi connectivity index (χ0n) is 29.6. The van der Waals surface area contributed by atoms with Crippen molar-refractivity contribution in [1.29, 1.82) is 0 Å². The summed E-state index contributed by atoms with van der Waals surface area (Å²) in [6, 6.07) is -1.57. The number of esters is 2. The van der Waals surface area contributed by atoms with Gasteiger partial charge in [0.2, 0.25) is 0 Å². The summed E-state index contributed by atoms with van der Waals surface area (Å²) >= 11 is 0. The smallest absolute Gasteiger partial charge is 0.331 e. The van der Waals surface area contributed by atoms with Gasteiger partial charge in [0.15, 0.2) is 18.1 Å². The number of aliphatic hydroxyl groups is 2. The van der Waals surface area contributed by atoms with Crippen molar-refractivity contribution in [2.45, 2.75) is 122 Å². The van der Waals surface area contributed by atoms with Crippen LogP contribution in [-0.4, -0.2) is 128 Å². The molecule has 14 nitrogen and oxygen atoms in total. The first kappa shape index (κ1) is 39.0. The van der Waals surface area contributed by atoms with E-state index in [1.165, 1.54) is 27.4 Å². The molecule has 268 valence electrons. The number of aliphatic hydroxyl groups excluding tert-OH is 2. The van der Waals surface area contributed by atoms with Crippen LogP contribution in [0.3, 0.4) is 0 Å². The van der Waals surface area contributed by atoms with Crippen molar-refractivity contribution < 1.29 is 53.1 Å². The lowest BCUT2D eigenvalue weighted by Crippen LogP contribution is -2.62. The predicted molar refractivity (Wildman–Crippen MR) is 170 cm³/mol. The molecular formula is C33H55N3O11. The molecule has 0 saturated carbocycles. The Morgan fingerprint density at radius 3 is 2.28 bits per heavy atom. The average molecular weight is 670 g/mol. The van der Waals surface area contributed by atoms with Crippen molar-refractivity contribution in [3.05, 3.63) is 0 Å². The van der Waals surface area contributed by atoms with Crippen molar-refractivity contribution in [3.63, 3.8) is 0 Å². The Hall–Kier alpha value is -2.49. The number of likely N-dealkylation sites (N-methyl/N-ethyl adjacent to an activating group) is 1. The quantitative estimate of drug-likeness (QED) is 0.270. The molecule has 0 aliphatic carbocycles. The van der Waals surface area contributed by atoms with Crippen LogP contribution in [0, 0.1) is 29.1 Å². The molecule has 47 heavy (non-hydrogen) atoms. The Morgan fingerprint density at radius 2 is 1.72 bits per heavy atom. The van der Waals surface area contributed by atoms with Crippen LogP contribution in [0.4, 0.5) is 0 Å². The van der Waals surface area contributed by atoms with Gasteiger partial charge in [-0.25, -0.2) is 4.79 Å². The molecule has 3 aliphatic heterocycles. The van der Waals surface area contributed by atoms with Crippen molar-refractivity contribution in [2.75, 3.05) is 28.3 Å². The molecule has 1 spiro atoms. The molecular weight excluding hydrogens is 614 g/mol. The van der Waals surface area contributed by atoms with Crippen LogP contribution in [0.25, 0.3) is 0 Å². The second kappa shape index (κ2) is 15.4. The highest BCUT2D eigenvalue weighted by Crippen LogP contribution is 2.43. The number of hydrogen-bond acceptors (Lipinski definition) is 14. The lowest BCUT2D eigenvalue weighted by atomic mass is 9.66. The molecule has 0 amide bonds. The largest absolute Gasteiger partial charge is 0.467 e. The summed E-state index contributed by atoms with van der Waals surface area (Å²) in [5.74, 6) is -6.64. The van der Waals surface area contributed by atoms with Crippen molar-refractivity contribution in [3.8, 4) is 0 Å². The SMILES string of the molecule is CC[C@H]1OC(=O)[C@H](C)C(=O)[C@H](C)[C@@H](O[C@@H]2O[C@H](C)C[C@H](N(C)C)[C@H]2O)[C@](C)(OC)C[C@@H](C)C(=O)[C@H](C)[C@@H](O)C12C=NNC2C(=O)OC. The molecule has 3 aliphatic rings. The molecule has 0 radical (unpaired) electrons. The third-order valence-corrected chi connectivity index (χ3v) is 10.6. The Bertz CT molecular complexity index is 1180. The highest BCUT2D eigenvalue weighted by Gasteiger charge is 2.60. The molecule has 0 aromatic carbocycles. The fourth-order valence-electron chi connectivity index (χ4n) is 7.58. The number of nitrogens with zero attached hydrogens (tertiary/aromatic N) is 2. The maximum atomic E-state index is 14.1. The molecule has 2 fully saturated rings. The fourth-order valence-corrected chi connectivity index (χ4v) is 7.58. The van der Waals surface area contributed by atoms with Gasteiger partial charge in [0.25, 0.3) is 0 Å². The van der Waals surface area contributed by atoms with Crippen LogP contribution in [0.15, 0.2) is 5.10 Å². The van der Waals surface area contributed by atoms with E-state index in [-0.39, 0.29) is 30.8 Å². The molecule has 2 saturated heterocycles. The van der Waals surface area contributed by atoms with Gasteiger partial charge in [0, 0.05) is 37.1 Å². The molecule has 0 bridgehead atoms. The molecule has 2 unspecified atom stereocenters. The van der Waals surface area contributed by atoms with E-state index in [2.05, 4.69) is 10.5 Å². The van der Waals surface area contributed by atoms with E-state index in [4.69, 9.17) is 23.7 Å². The molecule has 3 heterocycles. The minimum Gasteiger partial charge on any atom is -0.467 e. The molecule has 0 aromatic rings. The minimum atomic E-state index is -1.69. The highest BCUT2D eigenvalue weighted by atomic mass is 16.7. The number of carbonyl (C=O) groups excluding carboxylic acids is 4. The minimum absolute atomic E-state index is 0.0486. The molecule has 3 rings (SSSR count). The van der Waals surface area contributed by atoms with E-state index in [1.54, 1.807) is 34.6 Å². The number of cyclic esters (lactones) is 1. The number of hydrogen-bond donors (Lipinski definition) is 3. The first-order chi connectivity index (χ1) is 21.9. The third-order valence-electron chi connectivity index (χ3n) is 10.6. The molecule has 0 aromatic heterocycles. The van der Waals surface area contributed by atoms with E-state index in [0.29, 0.717) is 6.42 Å². The maximum absolute atomic E-state index is 14.1. The first-order valence-electron chi connectivity index (χ1n) is 16.5. The van der Waals surface area contributed by atoms with E-state index < -0.39 is 89.2 Å². The van der Waals surface area contributed by atoms with Gasteiger partial charge in [-0.1, -0.05) is 27.7 Å². The van der Waals surface area contributed by atoms with E-state index >= 15 is 0 Å². The lowest BCUT2D eigenvalue weighted by Gasteiger charge is -2.47. The van der Waals surface area contributed by atoms with Gasteiger partial charge in [-0.2, -0.15) is 5.10 Å². The number of ether oxygens (including phenoxy) is 5. The average Bonchev–Trinajstić information content (AvgIpc) is 3.49. The van der Waals surface area contributed by atoms with Gasteiger partial charge in [0.1, 0.15) is 29.3 Å². The number of hydrazone groups is 1. The zero-order valence-corrected chi connectivity index (χ0v) is 29.6. The topological polar surface area (TPSA) is 183 Å². The number of ketones is 2. The number of methoxy groups -OCH3 is 2. The second-order valence-corrected chi connectivity index (χ2v) is 14.0. The monoisotopic (exact) mass is 669 g/mol. The number of rotatable bonds is 6. The molecule has 14 heteroatoms. The number of nitrogens with one attached hydrogen (secondary N) is 1. The van der Waals surface area contributed by atoms with Gasteiger partial charge in [0.05, 0.1) is 31.0 Å². The van der Waals surface area contributed by atoms with Crippen LogP contribution in [-0.2, 0) is 42.9 Å². The van der Waals surface area contributed by atoms with Crippen LogP contribution >= 0.6 is 0 Å². The first-order valence-corrected chi connectivity index (χ1v) is 16.5. The Balaban J connectivity index is 2.14. The van der Waals surface area contributed by atoms with E-state index in [9.17, 15) is 29.4 Å². The maximum Gasteiger partial charge on any atom is 0.331 e. The summed E-state index contributed by atoms with van der Waals surface area (Å²) in [4.78, 5) is 56.8. The summed E-state index contributed by atoms with van der Waals surface area (Å²) in [5.41, 5.74) is -0.334. The van der Waals surface area contributed by atoms with Gasteiger partial charge in [-0.3, -0.25) is 19.8 Å². The van der Waals surface area contributed by atoms with Crippen LogP contribution in [0.2, 0.25) is 0 Å². The molecule has 14 atom stereocenters.